The van der Waals surface area contributed by atoms with Gasteiger partial charge in [-0.1, -0.05) is 48.0 Å². The average molecular weight is 641 g/mol. The number of halogens is 1. The van der Waals surface area contributed by atoms with Crippen LogP contribution in [0, 0.1) is 13.8 Å². The summed E-state index contributed by atoms with van der Waals surface area (Å²) in [6.45, 7) is 5.57. The zero-order chi connectivity index (χ0) is 31.7. The second kappa shape index (κ2) is 12.4. The monoisotopic (exact) mass is 640 g/mol. The summed E-state index contributed by atoms with van der Waals surface area (Å²) in [6.07, 6.45) is 4.67. The molecular weight excluding hydrogens is 608 g/mol. The Morgan fingerprint density at radius 2 is 1.58 bits per heavy atom. The van der Waals surface area contributed by atoms with E-state index < -0.39 is 10.0 Å². The number of piperidine rings is 1. The summed E-state index contributed by atoms with van der Waals surface area (Å²) in [5.74, 6) is -0.255. The molecule has 5 aromatic rings. The number of nitrogens with zero attached hydrogens (tertiary/aromatic N) is 3. The van der Waals surface area contributed by atoms with E-state index in [9.17, 15) is 18.3 Å². The topological polar surface area (TPSA) is 104 Å². The van der Waals surface area contributed by atoms with Crippen molar-refractivity contribution in [2.75, 3.05) is 22.7 Å². The molecule has 8 nitrogen and oxygen atoms in total. The molecule has 4 aromatic carbocycles. The zero-order valence-electron chi connectivity index (χ0n) is 25.0. The molecule has 0 saturated carbocycles. The van der Waals surface area contributed by atoms with Gasteiger partial charge in [0.05, 0.1) is 38.2 Å². The molecule has 0 amide bonds. The number of aliphatic imine (C=N–C) groups is 1. The Balaban J connectivity index is 1.50. The molecular formula is C35H33ClN4O4S. The molecule has 0 spiro atoms. The summed E-state index contributed by atoms with van der Waals surface area (Å²) < 4.78 is 30.8. The smallest absolute Gasteiger partial charge is 0.265 e. The Kier molecular flexibility index (Phi) is 8.40. The molecule has 230 valence electrons. The lowest BCUT2D eigenvalue weighted by Crippen LogP contribution is -2.29. The van der Waals surface area contributed by atoms with Crippen molar-refractivity contribution in [2.45, 2.75) is 38.0 Å². The highest BCUT2D eigenvalue weighted by Gasteiger charge is 2.22. The maximum atomic E-state index is 13.6. The quantitative estimate of drug-likeness (QED) is 0.179. The number of sulfonamides is 1. The second-order valence-electron chi connectivity index (χ2n) is 11.2. The van der Waals surface area contributed by atoms with Crippen LogP contribution in [0.2, 0.25) is 5.02 Å². The number of rotatable bonds is 7. The molecule has 0 bridgehead atoms. The highest BCUT2D eigenvalue weighted by atomic mass is 35.5. The van der Waals surface area contributed by atoms with Gasteiger partial charge in [-0.15, -0.1) is 0 Å². The van der Waals surface area contributed by atoms with E-state index in [0.29, 0.717) is 27.7 Å². The van der Waals surface area contributed by atoms with Gasteiger partial charge in [0, 0.05) is 30.1 Å². The highest BCUT2D eigenvalue weighted by molar-refractivity contribution is 7.92. The van der Waals surface area contributed by atoms with Gasteiger partial charge in [0.15, 0.2) is 0 Å². The average Bonchev–Trinajstić information content (AvgIpc) is 3.04. The number of pyridine rings is 1. The van der Waals surface area contributed by atoms with E-state index >= 15 is 0 Å². The minimum absolute atomic E-state index is 0.0181. The predicted octanol–water partition coefficient (Wildman–Crippen LogP) is 7.51. The fraction of sp³-hybridized carbons (Fsp3) is 0.200. The van der Waals surface area contributed by atoms with Gasteiger partial charge < -0.3 is 10.0 Å². The van der Waals surface area contributed by atoms with Crippen molar-refractivity contribution in [3.8, 4) is 11.6 Å². The molecule has 0 atom stereocenters. The molecule has 0 radical (unpaired) electrons. The molecule has 45 heavy (non-hydrogen) atoms. The van der Waals surface area contributed by atoms with Crippen molar-refractivity contribution in [3.63, 3.8) is 0 Å². The lowest BCUT2D eigenvalue weighted by molar-refractivity contribution is 0.436. The number of aromatic hydroxyl groups is 1. The van der Waals surface area contributed by atoms with E-state index in [1.54, 1.807) is 66.7 Å². The Hall–Kier alpha value is -4.60. The van der Waals surface area contributed by atoms with Crippen LogP contribution < -0.4 is 15.2 Å². The first-order valence-corrected chi connectivity index (χ1v) is 16.6. The first kappa shape index (κ1) is 30.4. The van der Waals surface area contributed by atoms with Crippen molar-refractivity contribution in [2.24, 2.45) is 4.99 Å². The molecule has 10 heteroatoms. The van der Waals surface area contributed by atoms with Crippen LogP contribution in [0.3, 0.4) is 0 Å². The molecule has 1 aliphatic rings. The van der Waals surface area contributed by atoms with Crippen LogP contribution in [0.1, 0.15) is 36.0 Å². The number of benzene rings is 4. The minimum atomic E-state index is -4.01. The van der Waals surface area contributed by atoms with Crippen LogP contribution in [0.25, 0.3) is 16.5 Å². The maximum absolute atomic E-state index is 13.6. The number of hydrogen-bond acceptors (Lipinski definition) is 6. The van der Waals surface area contributed by atoms with E-state index in [0.717, 1.165) is 49.2 Å². The summed E-state index contributed by atoms with van der Waals surface area (Å²) >= 11 is 6.24. The highest BCUT2D eigenvalue weighted by Crippen LogP contribution is 2.35. The number of nitrogens with one attached hydrogen (secondary N) is 1. The fourth-order valence-corrected chi connectivity index (χ4v) is 6.99. The lowest BCUT2D eigenvalue weighted by Gasteiger charge is -2.30. The predicted molar refractivity (Wildman–Crippen MR) is 183 cm³/mol. The molecule has 6 rings (SSSR count). The molecule has 2 heterocycles. The third kappa shape index (κ3) is 6.06. The van der Waals surface area contributed by atoms with Crippen LogP contribution >= 0.6 is 11.6 Å². The maximum Gasteiger partial charge on any atom is 0.265 e. The molecule has 1 fully saturated rings. The summed E-state index contributed by atoms with van der Waals surface area (Å²) in [5.41, 5.74) is 4.06. The van der Waals surface area contributed by atoms with Crippen LogP contribution in [-0.2, 0) is 10.0 Å². The Bertz CT molecular complexity index is 2120. The number of aryl methyl sites for hydroxylation is 2. The normalized spacial score (nSPS) is 13.9. The number of aromatic nitrogens is 1. The summed E-state index contributed by atoms with van der Waals surface area (Å²) in [7, 11) is -4.01. The Morgan fingerprint density at radius 1 is 0.867 bits per heavy atom. The van der Waals surface area contributed by atoms with Gasteiger partial charge >= 0.3 is 0 Å². The van der Waals surface area contributed by atoms with Crippen LogP contribution in [0.15, 0.2) is 99.6 Å². The lowest BCUT2D eigenvalue weighted by atomic mass is 10.1. The SMILES string of the molecule is Cc1ccc(-n2c(O)c(C=Nc3cc(S(=O)(=O)Nc4ccccc4Cl)ccc3N3CCCCC3)c3ccccc3c2=O)cc1C. The molecule has 0 unspecified atom stereocenters. The van der Waals surface area contributed by atoms with E-state index in [1.807, 2.05) is 26.0 Å². The summed E-state index contributed by atoms with van der Waals surface area (Å²) in [4.78, 5) is 20.6. The van der Waals surface area contributed by atoms with Gasteiger partial charge in [-0.3, -0.25) is 14.5 Å². The number of para-hydroxylation sites is 1. The van der Waals surface area contributed by atoms with Crippen molar-refractivity contribution in [1.82, 2.24) is 4.57 Å². The van der Waals surface area contributed by atoms with Crippen LogP contribution in [-0.4, -0.2) is 37.4 Å². The van der Waals surface area contributed by atoms with Crippen LogP contribution in [0.4, 0.5) is 17.1 Å². The second-order valence-corrected chi connectivity index (χ2v) is 13.3. The molecule has 1 saturated heterocycles. The van der Waals surface area contributed by atoms with Crippen molar-refractivity contribution in [3.05, 3.63) is 117 Å². The van der Waals surface area contributed by atoms with Gasteiger partial charge in [0.25, 0.3) is 15.6 Å². The van der Waals surface area contributed by atoms with Gasteiger partial charge in [0.2, 0.25) is 5.88 Å². The van der Waals surface area contributed by atoms with E-state index in [-0.39, 0.29) is 27.0 Å². The first-order chi connectivity index (χ1) is 21.6. The molecule has 1 aromatic heterocycles. The third-order valence-corrected chi connectivity index (χ3v) is 9.95. The molecule has 0 aliphatic carbocycles. The van der Waals surface area contributed by atoms with Crippen molar-refractivity contribution < 1.29 is 13.5 Å². The fourth-order valence-electron chi connectivity index (χ4n) is 5.65. The van der Waals surface area contributed by atoms with Crippen molar-refractivity contribution in [1.29, 1.82) is 0 Å². The third-order valence-electron chi connectivity index (χ3n) is 8.26. The minimum Gasteiger partial charge on any atom is -0.494 e. The van der Waals surface area contributed by atoms with Gasteiger partial charge in [-0.05, 0) is 92.8 Å². The first-order valence-electron chi connectivity index (χ1n) is 14.8. The molecule has 2 N–H and O–H groups in total. The Morgan fingerprint density at radius 3 is 2.31 bits per heavy atom. The number of anilines is 2. The van der Waals surface area contributed by atoms with Gasteiger partial charge in [0.1, 0.15) is 0 Å². The van der Waals surface area contributed by atoms with E-state index in [4.69, 9.17) is 16.6 Å². The summed E-state index contributed by atoms with van der Waals surface area (Å²) in [5, 5.41) is 12.8. The number of hydrogen-bond donors (Lipinski definition) is 2. The van der Waals surface area contributed by atoms with Crippen LogP contribution in [0.5, 0.6) is 5.88 Å². The van der Waals surface area contributed by atoms with Gasteiger partial charge in [-0.2, -0.15) is 0 Å². The van der Waals surface area contributed by atoms with Crippen molar-refractivity contribution >= 4 is 55.7 Å². The molecule has 1 aliphatic heterocycles. The van der Waals surface area contributed by atoms with E-state index in [2.05, 4.69) is 9.62 Å². The number of fused-ring (bicyclic) bond motifs is 1. The largest absolute Gasteiger partial charge is 0.494 e. The van der Waals surface area contributed by atoms with E-state index in [1.165, 1.54) is 16.8 Å². The Labute approximate surface area is 267 Å². The zero-order valence-corrected chi connectivity index (χ0v) is 26.6. The standard InChI is InChI=1S/C35H33ClN4O4S/c1-23-14-15-25(20-24(23)2)40-34(41)28-11-5-4-10-27(28)29(35(40)42)22-37-32-21-26(16-17-33(32)39-18-8-3-9-19-39)45(43,44)38-31-13-7-6-12-30(31)36/h4-7,10-17,20-22,38,42H,3,8-9,18-19H2,1-2H3. The van der Waals surface area contributed by atoms with Gasteiger partial charge in [-0.25, -0.2) is 13.0 Å². The summed E-state index contributed by atoms with van der Waals surface area (Å²) in [6, 6.07) is 24.1.